The molecule has 0 aromatic heterocycles. The molecule has 0 N–H and O–H groups in total. The normalized spacial score (nSPS) is 8.83. The number of halogens is 2. The van der Waals surface area contributed by atoms with Gasteiger partial charge >= 0.3 is 26.2 Å². The average Bonchev–Trinajstić information content (AvgIpc) is 2.72. The Hall–Kier alpha value is -0.797. The second-order valence-electron chi connectivity index (χ2n) is 5.71. The van der Waals surface area contributed by atoms with Gasteiger partial charge in [-0.25, -0.2) is 0 Å². The molecule has 0 aliphatic heterocycles. The van der Waals surface area contributed by atoms with E-state index in [9.17, 15) is 0 Å². The summed E-state index contributed by atoms with van der Waals surface area (Å²) in [6.07, 6.45) is 0. The molecule has 0 fully saturated rings. The average molecular weight is 535 g/mol. The van der Waals surface area contributed by atoms with E-state index in [0.717, 1.165) is 17.2 Å². The van der Waals surface area contributed by atoms with Crippen molar-refractivity contribution in [1.29, 1.82) is 0 Å². The molecule has 4 aromatic carbocycles. The van der Waals surface area contributed by atoms with Gasteiger partial charge in [0, 0.05) is 0 Å². The van der Waals surface area contributed by atoms with Gasteiger partial charge in [-0.15, -0.1) is 0 Å². The first-order valence-electron chi connectivity index (χ1n) is 8.64. The molecule has 0 unspecified atom stereocenters. The summed E-state index contributed by atoms with van der Waals surface area (Å²) in [5.41, 5.74) is 0. The first-order chi connectivity index (χ1) is 12.9. The molecule has 0 aliphatic carbocycles. The van der Waals surface area contributed by atoms with Crippen LogP contribution in [0.5, 0.6) is 0 Å². The minimum atomic E-state index is 0. The second kappa shape index (κ2) is 16.9. The van der Waals surface area contributed by atoms with Crippen molar-refractivity contribution < 1.29 is 51.0 Å². The van der Waals surface area contributed by atoms with Crippen LogP contribution in [0.4, 0.5) is 0 Å². The first-order valence-corrected chi connectivity index (χ1v) is 10.6. The molecular weight excluding hydrogens is 512 g/mol. The zero-order valence-electron chi connectivity index (χ0n) is 15.8. The Bertz CT molecular complexity index is 725. The first kappa shape index (κ1) is 28.2. The molecule has 0 saturated heterocycles. The van der Waals surface area contributed by atoms with Crippen molar-refractivity contribution in [3.63, 3.8) is 0 Å². The maximum absolute atomic E-state index is 2.17. The van der Waals surface area contributed by atoms with Gasteiger partial charge in [-0.1, -0.05) is 138 Å². The zero-order chi connectivity index (χ0) is 17.9. The molecular formula is C24H22Cl2P2Zr. The van der Waals surface area contributed by atoms with Crippen LogP contribution in [-0.2, 0) is 26.2 Å². The van der Waals surface area contributed by atoms with E-state index in [1.807, 2.05) is 0 Å². The summed E-state index contributed by atoms with van der Waals surface area (Å²) in [6.45, 7) is 0. The summed E-state index contributed by atoms with van der Waals surface area (Å²) >= 11 is 0. The summed E-state index contributed by atoms with van der Waals surface area (Å²) in [5, 5.41) is 5.59. The van der Waals surface area contributed by atoms with Crippen LogP contribution in [-0.4, -0.2) is 0 Å². The van der Waals surface area contributed by atoms with E-state index < -0.39 is 0 Å². The summed E-state index contributed by atoms with van der Waals surface area (Å²) in [6, 6.07) is 42.3. The van der Waals surface area contributed by atoms with Crippen LogP contribution >= 0.6 is 17.2 Å². The summed E-state index contributed by atoms with van der Waals surface area (Å²) in [5.74, 6) is 0. The minimum Gasteiger partial charge on any atom is -1.00 e. The quantitative estimate of drug-likeness (QED) is 0.284. The minimum absolute atomic E-state index is 0. The standard InChI is InChI=1S/2C12H11P.2ClH.Zr/c2*1-3-7-11(8-4-1)13-12-9-5-2-6-10-12;;;/h2*1-10,13H;2*1H;/q;;;;+2/p-2. The van der Waals surface area contributed by atoms with Crippen molar-refractivity contribution in [2.45, 2.75) is 0 Å². The van der Waals surface area contributed by atoms with Crippen LogP contribution < -0.4 is 46.0 Å². The Balaban J connectivity index is 0.000000490. The van der Waals surface area contributed by atoms with Crippen molar-refractivity contribution in [2.24, 2.45) is 0 Å². The summed E-state index contributed by atoms with van der Waals surface area (Å²) in [7, 11) is 1.55. The van der Waals surface area contributed by atoms with Crippen LogP contribution in [0.2, 0.25) is 0 Å². The van der Waals surface area contributed by atoms with Crippen molar-refractivity contribution in [3.8, 4) is 0 Å². The Morgan fingerprint density at radius 2 is 0.483 bits per heavy atom. The van der Waals surface area contributed by atoms with Gasteiger partial charge in [-0.3, -0.25) is 0 Å². The molecule has 0 amide bonds. The predicted molar refractivity (Wildman–Crippen MR) is 121 cm³/mol. The second-order valence-corrected chi connectivity index (χ2v) is 8.52. The smallest absolute Gasteiger partial charge is 1.00 e. The van der Waals surface area contributed by atoms with Crippen LogP contribution in [0.1, 0.15) is 0 Å². The van der Waals surface area contributed by atoms with E-state index in [0.29, 0.717) is 0 Å². The fourth-order valence-corrected chi connectivity index (χ4v) is 4.52. The molecule has 0 heterocycles. The predicted octanol–water partition coefficient (Wildman–Crippen LogP) is -1.36. The van der Waals surface area contributed by atoms with Crippen LogP contribution in [0.25, 0.3) is 0 Å². The van der Waals surface area contributed by atoms with Crippen LogP contribution in [0, 0.1) is 0 Å². The third-order valence-electron chi connectivity index (χ3n) is 3.67. The fraction of sp³-hybridized carbons (Fsp3) is 0. The molecule has 29 heavy (non-hydrogen) atoms. The van der Waals surface area contributed by atoms with Crippen molar-refractivity contribution in [2.75, 3.05) is 0 Å². The van der Waals surface area contributed by atoms with E-state index in [-0.39, 0.29) is 51.0 Å². The van der Waals surface area contributed by atoms with Crippen LogP contribution in [0.3, 0.4) is 0 Å². The van der Waals surface area contributed by atoms with Crippen LogP contribution in [0.15, 0.2) is 121 Å². The summed E-state index contributed by atoms with van der Waals surface area (Å²) < 4.78 is 0. The Morgan fingerprint density at radius 1 is 0.310 bits per heavy atom. The van der Waals surface area contributed by atoms with Crippen molar-refractivity contribution in [3.05, 3.63) is 121 Å². The number of benzene rings is 4. The van der Waals surface area contributed by atoms with E-state index in [2.05, 4.69) is 121 Å². The third-order valence-corrected chi connectivity index (χ3v) is 6.16. The van der Waals surface area contributed by atoms with Gasteiger partial charge in [0.05, 0.1) is 0 Å². The number of rotatable bonds is 4. The Labute approximate surface area is 209 Å². The molecule has 146 valence electrons. The largest absolute Gasteiger partial charge is 2.00 e. The van der Waals surface area contributed by atoms with E-state index >= 15 is 0 Å². The van der Waals surface area contributed by atoms with Gasteiger partial charge in [0.25, 0.3) is 0 Å². The molecule has 5 heteroatoms. The van der Waals surface area contributed by atoms with Crippen molar-refractivity contribution >= 4 is 38.4 Å². The number of hydrogen-bond donors (Lipinski definition) is 0. The van der Waals surface area contributed by atoms with E-state index in [1.165, 1.54) is 21.2 Å². The molecule has 0 atom stereocenters. The van der Waals surface area contributed by atoms with E-state index in [1.54, 1.807) is 0 Å². The third kappa shape index (κ3) is 11.2. The SMILES string of the molecule is [Cl-].[Cl-].[Zr+2].c1ccc(Pc2ccccc2)cc1.c1ccc(Pc2ccccc2)cc1. The molecule has 0 bridgehead atoms. The molecule has 0 aliphatic rings. The maximum atomic E-state index is 2.17. The molecule has 4 aromatic rings. The topological polar surface area (TPSA) is 0 Å². The van der Waals surface area contributed by atoms with Crippen molar-refractivity contribution in [1.82, 2.24) is 0 Å². The number of hydrogen-bond acceptors (Lipinski definition) is 0. The molecule has 0 spiro atoms. The Kier molecular flexibility index (Phi) is 16.5. The zero-order valence-corrected chi connectivity index (χ0v) is 21.8. The molecule has 4 rings (SSSR count). The van der Waals surface area contributed by atoms with Gasteiger partial charge in [0.1, 0.15) is 0 Å². The molecule has 0 saturated carbocycles. The fourth-order valence-electron chi connectivity index (χ4n) is 2.42. The molecule has 0 radical (unpaired) electrons. The maximum Gasteiger partial charge on any atom is 2.00 e. The van der Waals surface area contributed by atoms with E-state index in [4.69, 9.17) is 0 Å². The van der Waals surface area contributed by atoms with Gasteiger partial charge in [-0.2, -0.15) is 0 Å². The van der Waals surface area contributed by atoms with Gasteiger partial charge in [0.15, 0.2) is 0 Å². The monoisotopic (exact) mass is 532 g/mol. The molecule has 0 nitrogen and oxygen atoms in total. The summed E-state index contributed by atoms with van der Waals surface area (Å²) in [4.78, 5) is 0. The van der Waals surface area contributed by atoms with Gasteiger partial charge in [0.2, 0.25) is 0 Å². The van der Waals surface area contributed by atoms with Gasteiger partial charge in [-0.05, 0) is 21.2 Å². The van der Waals surface area contributed by atoms with Gasteiger partial charge < -0.3 is 24.8 Å². The Morgan fingerprint density at radius 3 is 0.655 bits per heavy atom.